The molecule has 1 aliphatic heterocycles. The molecule has 1 saturated heterocycles. The van der Waals surface area contributed by atoms with Gasteiger partial charge in [0.1, 0.15) is 12.3 Å². The number of non-ortho nitro benzene ring substituents is 1. The number of halogens is 2. The molecule has 1 N–H and O–H groups in total. The molecule has 184 valence electrons. The minimum Gasteiger partial charge on any atom is -0.490 e. The van der Waals surface area contributed by atoms with E-state index in [0.717, 1.165) is 4.90 Å². The Bertz CT molecular complexity index is 1390. The van der Waals surface area contributed by atoms with Crippen molar-refractivity contribution in [3.63, 3.8) is 0 Å². The number of anilines is 1. The number of hydrogen-bond donors (Lipinski definition) is 1. The number of nitro groups is 1. The molecule has 36 heavy (non-hydrogen) atoms. The number of nitro benzene ring substituents is 1. The van der Waals surface area contributed by atoms with Gasteiger partial charge in [-0.1, -0.05) is 41.4 Å². The highest BCUT2D eigenvalue weighted by atomic mass is 35.5. The summed E-state index contributed by atoms with van der Waals surface area (Å²) in [6.45, 7) is 2.11. The predicted molar refractivity (Wildman–Crippen MR) is 135 cm³/mol. The highest BCUT2D eigenvalue weighted by molar-refractivity contribution is 6.33. The number of imide groups is 1. The fourth-order valence-electron chi connectivity index (χ4n) is 3.54. The van der Waals surface area contributed by atoms with Gasteiger partial charge in [0, 0.05) is 17.2 Å². The third-order valence-electron chi connectivity index (χ3n) is 5.09. The first-order valence-electron chi connectivity index (χ1n) is 10.7. The zero-order valence-electron chi connectivity index (χ0n) is 18.9. The van der Waals surface area contributed by atoms with E-state index in [0.29, 0.717) is 34.2 Å². The Morgan fingerprint density at radius 3 is 2.56 bits per heavy atom. The zero-order valence-corrected chi connectivity index (χ0v) is 20.4. The summed E-state index contributed by atoms with van der Waals surface area (Å²) in [5, 5.41) is 14.2. The topological polar surface area (TPSA) is 111 Å². The Balaban J connectivity index is 1.59. The molecule has 0 unspecified atom stereocenters. The van der Waals surface area contributed by atoms with E-state index < -0.39 is 16.9 Å². The molecular formula is C25H19Cl2N3O6. The number of carbonyl (C=O) groups excluding carboxylic acids is 2. The molecule has 3 aromatic carbocycles. The van der Waals surface area contributed by atoms with Crippen molar-refractivity contribution in [2.24, 2.45) is 0 Å². The van der Waals surface area contributed by atoms with E-state index in [2.05, 4.69) is 5.32 Å². The van der Waals surface area contributed by atoms with Gasteiger partial charge in [0.2, 0.25) is 0 Å². The maximum absolute atomic E-state index is 12.9. The quantitative estimate of drug-likeness (QED) is 0.167. The minimum atomic E-state index is -0.610. The molecule has 9 nitrogen and oxygen atoms in total. The summed E-state index contributed by atoms with van der Waals surface area (Å²) in [5.41, 5.74) is 1.40. The second-order valence-electron chi connectivity index (χ2n) is 7.59. The van der Waals surface area contributed by atoms with Gasteiger partial charge in [-0.2, -0.15) is 0 Å². The van der Waals surface area contributed by atoms with E-state index in [1.165, 1.54) is 24.3 Å². The van der Waals surface area contributed by atoms with Gasteiger partial charge < -0.3 is 14.8 Å². The van der Waals surface area contributed by atoms with E-state index >= 15 is 0 Å². The Morgan fingerprint density at radius 2 is 1.83 bits per heavy atom. The van der Waals surface area contributed by atoms with Gasteiger partial charge in [-0.3, -0.25) is 14.9 Å². The number of rotatable bonds is 8. The average molecular weight is 528 g/mol. The average Bonchev–Trinajstić information content (AvgIpc) is 3.11. The van der Waals surface area contributed by atoms with Crippen molar-refractivity contribution in [1.29, 1.82) is 0 Å². The third kappa shape index (κ3) is 5.42. The van der Waals surface area contributed by atoms with Crippen LogP contribution in [0, 0.1) is 10.1 Å². The van der Waals surface area contributed by atoms with Crippen molar-refractivity contribution in [3.8, 4) is 11.5 Å². The summed E-state index contributed by atoms with van der Waals surface area (Å²) >= 11 is 12.5. The first-order chi connectivity index (χ1) is 17.3. The van der Waals surface area contributed by atoms with Crippen LogP contribution in [0.2, 0.25) is 10.0 Å². The SMILES string of the molecule is CCOc1cc(/C=C2/NC(=O)N(c3cccc(Cl)c3)C2=O)cc(Cl)c1OCc1cccc([N+](=O)[O-])c1. The highest BCUT2D eigenvalue weighted by Crippen LogP contribution is 2.38. The number of urea groups is 1. The Hall–Kier alpha value is -4.08. The summed E-state index contributed by atoms with van der Waals surface area (Å²) in [6, 6.07) is 15.0. The Kier molecular flexibility index (Phi) is 7.42. The Labute approximate surface area is 216 Å². The van der Waals surface area contributed by atoms with Gasteiger partial charge in [-0.15, -0.1) is 0 Å². The van der Waals surface area contributed by atoms with Crippen LogP contribution in [0.15, 0.2) is 66.4 Å². The van der Waals surface area contributed by atoms with Crippen LogP contribution in [0.5, 0.6) is 11.5 Å². The second-order valence-corrected chi connectivity index (χ2v) is 8.43. The van der Waals surface area contributed by atoms with Crippen molar-refractivity contribution in [2.45, 2.75) is 13.5 Å². The Morgan fingerprint density at radius 1 is 1.06 bits per heavy atom. The lowest BCUT2D eigenvalue weighted by molar-refractivity contribution is -0.384. The summed E-state index contributed by atoms with van der Waals surface area (Å²) in [5.74, 6) is 0.00242. The van der Waals surface area contributed by atoms with Crippen LogP contribution in [-0.2, 0) is 11.4 Å². The molecule has 0 atom stereocenters. The number of carbonyl (C=O) groups is 2. The molecule has 3 aromatic rings. The molecule has 0 bridgehead atoms. The lowest BCUT2D eigenvalue weighted by atomic mass is 10.1. The smallest absolute Gasteiger partial charge is 0.333 e. The van der Waals surface area contributed by atoms with Gasteiger partial charge in [-0.25, -0.2) is 9.69 Å². The van der Waals surface area contributed by atoms with Crippen LogP contribution in [0.4, 0.5) is 16.2 Å². The molecule has 1 fully saturated rings. The fourth-order valence-corrected chi connectivity index (χ4v) is 4.00. The molecule has 0 saturated carbocycles. The standard InChI is InChI=1S/C25H19Cl2N3O6/c1-2-35-22-12-16(10-20(27)23(22)36-14-15-5-3-8-19(9-15)30(33)34)11-21-24(31)29(25(32)28-21)18-7-4-6-17(26)13-18/h3-13H,2,14H2,1H3,(H,28,32)/b21-11+. The van der Waals surface area contributed by atoms with Gasteiger partial charge in [-0.05, 0) is 54.5 Å². The van der Waals surface area contributed by atoms with Crippen molar-refractivity contribution in [3.05, 3.63) is 97.6 Å². The number of nitrogens with zero attached hydrogens (tertiary/aromatic N) is 2. The van der Waals surface area contributed by atoms with Crippen molar-refractivity contribution >= 4 is 52.6 Å². The van der Waals surface area contributed by atoms with Crippen molar-refractivity contribution < 1.29 is 24.0 Å². The lowest BCUT2D eigenvalue weighted by Gasteiger charge is -2.15. The second kappa shape index (κ2) is 10.7. The van der Waals surface area contributed by atoms with Crippen LogP contribution in [0.25, 0.3) is 6.08 Å². The molecular weight excluding hydrogens is 509 g/mol. The molecule has 11 heteroatoms. The van der Waals surface area contributed by atoms with Crippen molar-refractivity contribution in [2.75, 3.05) is 11.5 Å². The first-order valence-corrected chi connectivity index (χ1v) is 11.5. The van der Waals surface area contributed by atoms with Gasteiger partial charge in [0.15, 0.2) is 11.5 Å². The van der Waals surface area contributed by atoms with Gasteiger partial charge >= 0.3 is 6.03 Å². The maximum Gasteiger partial charge on any atom is 0.333 e. The summed E-state index contributed by atoms with van der Waals surface area (Å²) in [7, 11) is 0. The first kappa shape index (κ1) is 25.0. The number of benzene rings is 3. The molecule has 4 rings (SSSR count). The van der Waals surface area contributed by atoms with Gasteiger partial charge in [0.05, 0.1) is 22.2 Å². The normalized spacial score (nSPS) is 14.2. The number of nitrogens with one attached hydrogen (secondary N) is 1. The molecule has 3 amide bonds. The van der Waals surface area contributed by atoms with E-state index in [-0.39, 0.29) is 28.8 Å². The molecule has 0 spiro atoms. The maximum atomic E-state index is 12.9. The summed E-state index contributed by atoms with van der Waals surface area (Å²) in [6.07, 6.45) is 1.48. The molecule has 0 aromatic heterocycles. The molecule has 1 heterocycles. The highest BCUT2D eigenvalue weighted by Gasteiger charge is 2.35. The molecule has 0 aliphatic carbocycles. The number of hydrogen-bond acceptors (Lipinski definition) is 6. The summed E-state index contributed by atoms with van der Waals surface area (Å²) < 4.78 is 11.5. The minimum absolute atomic E-state index is 0.0189. The molecule has 0 radical (unpaired) electrons. The van der Waals surface area contributed by atoms with E-state index in [1.807, 2.05) is 0 Å². The van der Waals surface area contributed by atoms with Crippen LogP contribution >= 0.6 is 23.2 Å². The largest absolute Gasteiger partial charge is 0.490 e. The fraction of sp³-hybridized carbons (Fsp3) is 0.120. The lowest BCUT2D eigenvalue weighted by Crippen LogP contribution is -2.30. The van der Waals surface area contributed by atoms with Crippen LogP contribution in [0.3, 0.4) is 0 Å². The van der Waals surface area contributed by atoms with E-state index in [1.54, 1.807) is 49.4 Å². The monoisotopic (exact) mass is 527 g/mol. The number of ether oxygens (including phenoxy) is 2. The van der Waals surface area contributed by atoms with Gasteiger partial charge in [0.25, 0.3) is 11.6 Å². The predicted octanol–water partition coefficient (Wildman–Crippen LogP) is 5.98. The number of amides is 3. The van der Waals surface area contributed by atoms with Crippen LogP contribution in [0.1, 0.15) is 18.1 Å². The van der Waals surface area contributed by atoms with E-state index in [4.69, 9.17) is 32.7 Å². The summed E-state index contributed by atoms with van der Waals surface area (Å²) in [4.78, 5) is 36.9. The molecule has 1 aliphatic rings. The van der Waals surface area contributed by atoms with Crippen molar-refractivity contribution in [1.82, 2.24) is 5.32 Å². The van der Waals surface area contributed by atoms with E-state index in [9.17, 15) is 19.7 Å². The zero-order chi connectivity index (χ0) is 25.8. The van der Waals surface area contributed by atoms with Crippen LogP contribution in [-0.4, -0.2) is 23.5 Å². The van der Waals surface area contributed by atoms with Crippen LogP contribution < -0.4 is 19.7 Å². The third-order valence-corrected chi connectivity index (χ3v) is 5.61.